The Morgan fingerprint density at radius 3 is 2.57 bits per heavy atom. The summed E-state index contributed by atoms with van der Waals surface area (Å²) in [7, 11) is 0. The van der Waals surface area contributed by atoms with E-state index in [-0.39, 0.29) is 37.6 Å². The molecular weight excluding hydrogens is 302 g/mol. The van der Waals surface area contributed by atoms with Gasteiger partial charge in [-0.1, -0.05) is 6.08 Å². The molecule has 2 aliphatic rings. The van der Waals surface area contributed by atoms with E-state index in [0.717, 1.165) is 0 Å². The van der Waals surface area contributed by atoms with Crippen LogP contribution in [0.5, 0.6) is 0 Å². The van der Waals surface area contributed by atoms with Gasteiger partial charge in [-0.15, -0.1) is 19.0 Å². The number of hydrogen-bond donors (Lipinski definition) is 3. The van der Waals surface area contributed by atoms with Crippen molar-refractivity contribution in [3.63, 3.8) is 0 Å². The van der Waals surface area contributed by atoms with Crippen molar-refractivity contribution in [1.29, 1.82) is 0 Å². The highest BCUT2D eigenvalue weighted by Crippen LogP contribution is 2.35. The van der Waals surface area contributed by atoms with Crippen molar-refractivity contribution in [1.82, 2.24) is 10.0 Å². The fraction of sp³-hybridized carbons (Fsp3) is 0.417. The molecule has 4 N–H and O–H groups in total. The first-order valence-corrected chi connectivity index (χ1v) is 6.00. The topological polar surface area (TPSA) is 124 Å². The van der Waals surface area contributed by atoms with Crippen molar-refractivity contribution in [2.24, 2.45) is 11.7 Å². The number of amides is 1. The molecule has 8 nitrogen and oxygen atoms in total. The first-order chi connectivity index (χ1) is 9.36. The maximum absolute atomic E-state index is 12.0. The van der Waals surface area contributed by atoms with Gasteiger partial charge in [-0.3, -0.25) is 14.4 Å². The van der Waals surface area contributed by atoms with E-state index in [1.807, 2.05) is 0 Å². The summed E-state index contributed by atoms with van der Waals surface area (Å²) in [5, 5.41) is 20.9. The van der Waals surface area contributed by atoms with Crippen LogP contribution in [-0.2, 0) is 14.4 Å². The molecule has 1 unspecified atom stereocenters. The van der Waals surface area contributed by atoms with Crippen molar-refractivity contribution < 1.29 is 24.6 Å². The molecule has 2 heterocycles. The van der Waals surface area contributed by atoms with Crippen molar-refractivity contribution in [2.75, 3.05) is 13.1 Å². The molecule has 2 atom stereocenters. The third-order valence-electron chi connectivity index (χ3n) is 3.34. The van der Waals surface area contributed by atoms with Gasteiger partial charge < -0.3 is 15.9 Å². The molecular formula is C12H16ClN3O5. The standard InChI is InChI=1S/C12H15N3O5.ClH/c1-2-7(12(19)20)10-6(3-9(16)17)4-14-5-8(13)11(18)15(10)14;/h2,7-8H,1,3-5,13H2,(H,16,17)(H,19,20);1H/t7?,8-;/m0./s1. The molecule has 1 saturated heterocycles. The summed E-state index contributed by atoms with van der Waals surface area (Å²) in [6.07, 6.45) is 0.864. The van der Waals surface area contributed by atoms with Gasteiger partial charge in [-0.05, 0) is 5.57 Å². The molecule has 2 aliphatic heterocycles. The van der Waals surface area contributed by atoms with Gasteiger partial charge >= 0.3 is 11.9 Å². The Kier molecular flexibility index (Phi) is 5.10. The van der Waals surface area contributed by atoms with Crippen LogP contribution in [0.15, 0.2) is 23.9 Å². The van der Waals surface area contributed by atoms with Gasteiger partial charge in [0.25, 0.3) is 5.91 Å². The first-order valence-electron chi connectivity index (χ1n) is 6.00. The molecule has 0 spiro atoms. The summed E-state index contributed by atoms with van der Waals surface area (Å²) >= 11 is 0. The summed E-state index contributed by atoms with van der Waals surface area (Å²) in [4.78, 5) is 34.2. The van der Waals surface area contributed by atoms with Crippen molar-refractivity contribution in [3.8, 4) is 0 Å². The molecule has 0 aromatic rings. The van der Waals surface area contributed by atoms with E-state index in [0.29, 0.717) is 5.57 Å². The fourth-order valence-electron chi connectivity index (χ4n) is 2.55. The molecule has 0 aromatic carbocycles. The molecule has 0 bridgehead atoms. The van der Waals surface area contributed by atoms with Crippen molar-refractivity contribution in [2.45, 2.75) is 12.5 Å². The van der Waals surface area contributed by atoms with Crippen LogP contribution < -0.4 is 5.73 Å². The van der Waals surface area contributed by atoms with E-state index in [1.165, 1.54) is 11.1 Å². The zero-order valence-corrected chi connectivity index (χ0v) is 11.9. The molecule has 21 heavy (non-hydrogen) atoms. The molecule has 2 rings (SSSR count). The van der Waals surface area contributed by atoms with Crippen molar-refractivity contribution >= 4 is 30.3 Å². The molecule has 1 fully saturated rings. The number of carbonyl (C=O) groups is 3. The number of halogens is 1. The summed E-state index contributed by atoms with van der Waals surface area (Å²) in [6.45, 7) is 3.89. The summed E-state index contributed by atoms with van der Waals surface area (Å²) in [5.74, 6) is -3.82. The van der Waals surface area contributed by atoms with Gasteiger partial charge in [0.1, 0.15) is 12.0 Å². The number of hydrogen-bond acceptors (Lipinski definition) is 5. The van der Waals surface area contributed by atoms with Crippen LogP contribution >= 0.6 is 12.4 Å². The van der Waals surface area contributed by atoms with E-state index in [2.05, 4.69) is 6.58 Å². The minimum atomic E-state index is -1.19. The number of aliphatic carboxylic acids is 2. The predicted octanol–water partition coefficient (Wildman–Crippen LogP) is -0.576. The number of rotatable bonds is 5. The van der Waals surface area contributed by atoms with E-state index in [4.69, 9.17) is 10.8 Å². The highest BCUT2D eigenvalue weighted by Gasteiger charge is 2.46. The zero-order chi connectivity index (χ0) is 15.0. The number of carboxylic acids is 2. The van der Waals surface area contributed by atoms with Crippen LogP contribution in [0.3, 0.4) is 0 Å². The van der Waals surface area contributed by atoms with Crippen LogP contribution in [-0.4, -0.2) is 57.2 Å². The molecule has 1 amide bonds. The highest BCUT2D eigenvalue weighted by atomic mass is 35.5. The van der Waals surface area contributed by atoms with E-state index in [9.17, 15) is 19.5 Å². The molecule has 0 aromatic heterocycles. The molecule has 116 valence electrons. The Hall–Kier alpha value is -1.90. The van der Waals surface area contributed by atoms with Gasteiger partial charge in [0, 0.05) is 13.1 Å². The number of hydrazine groups is 1. The van der Waals surface area contributed by atoms with Gasteiger partial charge in [-0.25, -0.2) is 10.0 Å². The second-order valence-corrected chi connectivity index (χ2v) is 4.71. The average molecular weight is 318 g/mol. The summed E-state index contributed by atoms with van der Waals surface area (Å²) in [5.41, 5.74) is 6.20. The lowest BCUT2D eigenvalue weighted by Crippen LogP contribution is -2.38. The Labute approximate surface area is 126 Å². The Balaban J connectivity index is 0.00000220. The lowest BCUT2D eigenvalue weighted by atomic mass is 9.98. The van der Waals surface area contributed by atoms with Crippen molar-refractivity contribution in [3.05, 3.63) is 23.9 Å². The Morgan fingerprint density at radius 1 is 1.48 bits per heavy atom. The molecule has 0 saturated carbocycles. The van der Waals surface area contributed by atoms with Gasteiger partial charge in [0.15, 0.2) is 0 Å². The SMILES string of the molecule is C=CC(C(=O)O)C1=C(CC(=O)O)CN2C[C@H](N)C(=O)N12.Cl. The largest absolute Gasteiger partial charge is 0.481 e. The predicted molar refractivity (Wildman–Crippen MR) is 74.2 cm³/mol. The first kappa shape index (κ1) is 17.2. The maximum atomic E-state index is 12.0. The normalized spacial score (nSPS) is 22.8. The summed E-state index contributed by atoms with van der Waals surface area (Å²) < 4.78 is 0. The molecule has 0 aliphatic carbocycles. The van der Waals surface area contributed by atoms with Gasteiger partial charge in [0.05, 0.1) is 12.1 Å². The number of nitrogens with two attached hydrogens (primary N) is 1. The minimum Gasteiger partial charge on any atom is -0.481 e. The van der Waals surface area contributed by atoms with Gasteiger partial charge in [0.2, 0.25) is 0 Å². The second-order valence-electron chi connectivity index (χ2n) is 4.71. The highest BCUT2D eigenvalue weighted by molar-refractivity contribution is 5.88. The maximum Gasteiger partial charge on any atom is 0.316 e. The summed E-state index contributed by atoms with van der Waals surface area (Å²) in [6, 6.07) is -0.726. The molecule has 0 radical (unpaired) electrons. The van der Waals surface area contributed by atoms with Gasteiger partial charge in [-0.2, -0.15) is 0 Å². The third-order valence-corrected chi connectivity index (χ3v) is 3.34. The second kappa shape index (κ2) is 6.25. The molecule has 9 heteroatoms. The lowest BCUT2D eigenvalue weighted by Gasteiger charge is -2.24. The number of carbonyl (C=O) groups excluding carboxylic acids is 1. The third kappa shape index (κ3) is 2.92. The number of carboxylic acid groups (broad SMARTS) is 2. The number of fused-ring (bicyclic) bond motifs is 1. The van der Waals surface area contributed by atoms with Crippen LogP contribution in [0.25, 0.3) is 0 Å². The smallest absolute Gasteiger partial charge is 0.316 e. The average Bonchev–Trinajstić information content (AvgIpc) is 2.79. The monoisotopic (exact) mass is 317 g/mol. The van der Waals surface area contributed by atoms with E-state index in [1.54, 1.807) is 5.01 Å². The minimum absolute atomic E-state index is 0. The van der Waals surface area contributed by atoms with E-state index < -0.39 is 29.8 Å². The van der Waals surface area contributed by atoms with Crippen LogP contribution in [0.4, 0.5) is 0 Å². The Bertz CT molecular complexity index is 533. The van der Waals surface area contributed by atoms with Crippen LogP contribution in [0.2, 0.25) is 0 Å². The quantitative estimate of drug-likeness (QED) is 0.580. The van der Waals surface area contributed by atoms with E-state index >= 15 is 0 Å². The van der Waals surface area contributed by atoms with Crippen LogP contribution in [0, 0.1) is 5.92 Å². The zero-order valence-electron chi connectivity index (χ0n) is 11.1. The fourth-order valence-corrected chi connectivity index (χ4v) is 2.55. The lowest BCUT2D eigenvalue weighted by molar-refractivity contribution is -0.141. The number of nitrogens with zero attached hydrogens (tertiary/aromatic N) is 2. The Morgan fingerprint density at radius 2 is 2.10 bits per heavy atom. The van der Waals surface area contributed by atoms with Crippen LogP contribution in [0.1, 0.15) is 6.42 Å².